The van der Waals surface area contributed by atoms with Crippen molar-refractivity contribution in [3.63, 3.8) is 0 Å². The van der Waals surface area contributed by atoms with Gasteiger partial charge in [0.2, 0.25) is 5.13 Å². The van der Waals surface area contributed by atoms with Gasteiger partial charge in [-0.15, -0.1) is 10.2 Å². The van der Waals surface area contributed by atoms with E-state index in [1.165, 1.54) is 16.2 Å². The lowest BCUT2D eigenvalue weighted by Crippen LogP contribution is -2.46. The van der Waals surface area contributed by atoms with E-state index >= 15 is 0 Å². The first-order valence-electron chi connectivity index (χ1n) is 7.33. The number of aryl methyl sites for hydroxylation is 1. The highest BCUT2D eigenvalue weighted by molar-refractivity contribution is 7.15. The van der Waals surface area contributed by atoms with Gasteiger partial charge in [0.05, 0.1) is 12.8 Å². The van der Waals surface area contributed by atoms with Crippen LogP contribution < -0.4 is 5.32 Å². The zero-order valence-electron chi connectivity index (χ0n) is 13.6. The van der Waals surface area contributed by atoms with Gasteiger partial charge < -0.3 is 9.32 Å². The molecule has 23 heavy (non-hydrogen) atoms. The third-order valence-electron chi connectivity index (χ3n) is 3.56. The number of nitrogens with one attached hydrogen (secondary N) is 1. The van der Waals surface area contributed by atoms with E-state index in [1.54, 1.807) is 25.3 Å². The standard InChI is InChI=1S/C15H20N4O3S/c1-9(2)10(3)19(8-12-6-5-7-22-12)14(21)13(20)16-15-18-17-11(4)23-15/h5-7,9-10H,8H2,1-4H3,(H,16,18,20)/t10-/m0/s1. The van der Waals surface area contributed by atoms with Crippen molar-refractivity contribution in [2.45, 2.75) is 40.3 Å². The summed E-state index contributed by atoms with van der Waals surface area (Å²) >= 11 is 1.22. The van der Waals surface area contributed by atoms with E-state index in [2.05, 4.69) is 15.5 Å². The van der Waals surface area contributed by atoms with Crippen LogP contribution in [0.1, 0.15) is 31.5 Å². The molecular weight excluding hydrogens is 316 g/mol. The highest BCUT2D eigenvalue weighted by Crippen LogP contribution is 2.17. The molecule has 2 aromatic heterocycles. The molecule has 8 heteroatoms. The fraction of sp³-hybridized carbons (Fsp3) is 0.467. The number of rotatable bonds is 5. The van der Waals surface area contributed by atoms with E-state index in [1.807, 2.05) is 20.8 Å². The van der Waals surface area contributed by atoms with Crippen molar-refractivity contribution < 1.29 is 14.0 Å². The molecule has 7 nitrogen and oxygen atoms in total. The largest absolute Gasteiger partial charge is 0.467 e. The van der Waals surface area contributed by atoms with E-state index in [-0.39, 0.29) is 18.5 Å². The summed E-state index contributed by atoms with van der Waals surface area (Å²) in [5.41, 5.74) is 0. The first-order chi connectivity index (χ1) is 10.9. The van der Waals surface area contributed by atoms with Gasteiger partial charge in [0.25, 0.3) is 0 Å². The predicted octanol–water partition coefficient (Wildman–Crippen LogP) is 2.45. The number of carbonyl (C=O) groups is 2. The average Bonchev–Trinajstić information content (AvgIpc) is 3.15. The second-order valence-electron chi connectivity index (χ2n) is 5.58. The molecule has 2 heterocycles. The van der Waals surface area contributed by atoms with Gasteiger partial charge in [-0.3, -0.25) is 14.9 Å². The van der Waals surface area contributed by atoms with Crippen LogP contribution in [0.2, 0.25) is 0 Å². The summed E-state index contributed by atoms with van der Waals surface area (Å²) in [7, 11) is 0. The van der Waals surface area contributed by atoms with Crippen LogP contribution in [0, 0.1) is 12.8 Å². The summed E-state index contributed by atoms with van der Waals surface area (Å²) in [4.78, 5) is 26.3. The highest BCUT2D eigenvalue weighted by atomic mass is 32.1. The molecule has 2 amide bonds. The van der Waals surface area contributed by atoms with E-state index < -0.39 is 11.8 Å². The number of hydrogen-bond donors (Lipinski definition) is 1. The zero-order chi connectivity index (χ0) is 17.0. The minimum atomic E-state index is -0.722. The van der Waals surface area contributed by atoms with Crippen molar-refractivity contribution in [2.24, 2.45) is 5.92 Å². The van der Waals surface area contributed by atoms with Gasteiger partial charge in [-0.25, -0.2) is 0 Å². The fourth-order valence-electron chi connectivity index (χ4n) is 1.96. The summed E-state index contributed by atoms with van der Waals surface area (Å²) in [6.07, 6.45) is 1.54. The molecule has 0 radical (unpaired) electrons. The van der Waals surface area contributed by atoms with E-state index in [0.717, 1.165) is 5.01 Å². The topological polar surface area (TPSA) is 88.3 Å². The molecule has 0 spiro atoms. The summed E-state index contributed by atoms with van der Waals surface area (Å²) in [5.74, 6) is -0.508. The molecule has 0 aliphatic heterocycles. The van der Waals surface area contributed by atoms with Gasteiger partial charge in [0.1, 0.15) is 10.8 Å². The Hall–Kier alpha value is -2.22. The van der Waals surface area contributed by atoms with Crippen molar-refractivity contribution in [3.8, 4) is 0 Å². The summed E-state index contributed by atoms with van der Waals surface area (Å²) in [6.45, 7) is 7.93. The Bertz CT molecular complexity index is 666. The maximum Gasteiger partial charge on any atom is 0.315 e. The van der Waals surface area contributed by atoms with Crippen molar-refractivity contribution in [2.75, 3.05) is 5.32 Å². The van der Waals surface area contributed by atoms with Crippen LogP contribution in [0.15, 0.2) is 22.8 Å². The quantitative estimate of drug-likeness (QED) is 0.847. The maximum absolute atomic E-state index is 12.6. The lowest BCUT2D eigenvalue weighted by atomic mass is 10.0. The third kappa shape index (κ3) is 4.38. The Balaban J connectivity index is 2.12. The SMILES string of the molecule is Cc1nnc(NC(=O)C(=O)N(Cc2ccco2)[C@@H](C)C(C)C)s1. The van der Waals surface area contributed by atoms with Crippen LogP contribution in [-0.4, -0.2) is 33.0 Å². The lowest BCUT2D eigenvalue weighted by molar-refractivity contribution is -0.145. The first kappa shape index (κ1) is 17.1. The molecule has 2 aromatic rings. The monoisotopic (exact) mass is 336 g/mol. The van der Waals surface area contributed by atoms with Crippen molar-refractivity contribution in [1.82, 2.24) is 15.1 Å². The second-order valence-corrected chi connectivity index (χ2v) is 6.76. The molecule has 0 aliphatic carbocycles. The number of hydrogen-bond acceptors (Lipinski definition) is 6. The molecule has 2 rings (SSSR count). The summed E-state index contributed by atoms with van der Waals surface area (Å²) in [5, 5.41) is 11.1. The molecule has 1 atom stereocenters. The second kappa shape index (κ2) is 7.36. The number of carbonyl (C=O) groups excluding carboxylic acids is 2. The van der Waals surface area contributed by atoms with Gasteiger partial charge in [-0.05, 0) is 31.9 Å². The van der Waals surface area contributed by atoms with E-state index in [4.69, 9.17) is 4.42 Å². The number of anilines is 1. The van der Waals surface area contributed by atoms with Crippen molar-refractivity contribution in [1.29, 1.82) is 0 Å². The molecule has 0 fully saturated rings. The number of aromatic nitrogens is 2. The number of nitrogens with zero attached hydrogens (tertiary/aromatic N) is 3. The zero-order valence-corrected chi connectivity index (χ0v) is 14.4. The molecule has 124 valence electrons. The minimum absolute atomic E-state index is 0.116. The lowest BCUT2D eigenvalue weighted by Gasteiger charge is -2.30. The predicted molar refractivity (Wildman–Crippen MR) is 86.8 cm³/mol. The molecule has 1 N–H and O–H groups in total. The molecular formula is C15H20N4O3S. The van der Waals surface area contributed by atoms with Crippen LogP contribution in [0.3, 0.4) is 0 Å². The van der Waals surface area contributed by atoms with Crippen molar-refractivity contribution in [3.05, 3.63) is 29.2 Å². The van der Waals surface area contributed by atoms with Gasteiger partial charge >= 0.3 is 11.8 Å². The molecule has 0 saturated carbocycles. The van der Waals surface area contributed by atoms with Crippen LogP contribution in [0.4, 0.5) is 5.13 Å². The molecule has 0 aromatic carbocycles. The number of amides is 2. The number of furan rings is 1. The van der Waals surface area contributed by atoms with Crippen molar-refractivity contribution >= 4 is 28.3 Å². The highest BCUT2D eigenvalue weighted by Gasteiger charge is 2.29. The van der Waals surface area contributed by atoms with Gasteiger partial charge in [-0.2, -0.15) is 0 Å². The fourth-order valence-corrected chi connectivity index (χ4v) is 2.55. The molecule has 0 saturated heterocycles. The maximum atomic E-state index is 12.6. The third-order valence-corrected chi connectivity index (χ3v) is 4.32. The van der Waals surface area contributed by atoms with Gasteiger partial charge in [0.15, 0.2) is 0 Å². The molecule has 0 unspecified atom stereocenters. The first-order valence-corrected chi connectivity index (χ1v) is 8.14. The van der Waals surface area contributed by atoms with Crippen LogP contribution in [-0.2, 0) is 16.1 Å². The van der Waals surface area contributed by atoms with Crippen LogP contribution in [0.5, 0.6) is 0 Å². The van der Waals surface area contributed by atoms with E-state index in [0.29, 0.717) is 10.9 Å². The summed E-state index contributed by atoms with van der Waals surface area (Å²) in [6, 6.07) is 3.41. The Morgan fingerprint density at radius 2 is 2.09 bits per heavy atom. The Morgan fingerprint density at radius 1 is 1.35 bits per heavy atom. The smallest absolute Gasteiger partial charge is 0.315 e. The molecule has 0 bridgehead atoms. The normalized spacial score (nSPS) is 12.2. The van der Waals surface area contributed by atoms with Gasteiger partial charge in [-0.1, -0.05) is 25.2 Å². The van der Waals surface area contributed by atoms with E-state index in [9.17, 15) is 9.59 Å². The van der Waals surface area contributed by atoms with Gasteiger partial charge in [0, 0.05) is 6.04 Å². The Labute approximate surface area is 138 Å². The Kier molecular flexibility index (Phi) is 5.49. The summed E-state index contributed by atoms with van der Waals surface area (Å²) < 4.78 is 5.30. The molecule has 0 aliphatic rings. The average molecular weight is 336 g/mol. The van der Waals surface area contributed by atoms with Crippen LogP contribution in [0.25, 0.3) is 0 Å². The van der Waals surface area contributed by atoms with Crippen LogP contribution >= 0.6 is 11.3 Å². The Morgan fingerprint density at radius 3 is 2.61 bits per heavy atom. The minimum Gasteiger partial charge on any atom is -0.467 e.